The van der Waals surface area contributed by atoms with Crippen LogP contribution in [-0.2, 0) is 6.54 Å². The highest BCUT2D eigenvalue weighted by atomic mass is 79.9. The van der Waals surface area contributed by atoms with Gasteiger partial charge in [0.15, 0.2) is 0 Å². The second kappa shape index (κ2) is 6.13. The number of hydrogen-bond donors (Lipinski definition) is 2. The minimum absolute atomic E-state index is 0.524. The molecule has 100 valence electrons. The molecule has 0 aliphatic heterocycles. The molecule has 4 heteroatoms. The molecule has 0 radical (unpaired) electrons. The molecular formula is C14H21BrN2O. The van der Waals surface area contributed by atoms with E-state index in [9.17, 15) is 5.11 Å². The fourth-order valence-electron chi connectivity index (χ4n) is 2.76. The first-order chi connectivity index (χ1) is 8.57. The molecule has 2 atom stereocenters. The average Bonchev–Trinajstić information content (AvgIpc) is 2.28. The van der Waals surface area contributed by atoms with E-state index in [4.69, 9.17) is 0 Å². The summed E-state index contributed by atoms with van der Waals surface area (Å²) < 4.78 is 0.854. The number of hydrogen-bond acceptors (Lipinski definition) is 3. The lowest BCUT2D eigenvalue weighted by Crippen LogP contribution is -2.43. The minimum Gasteiger partial charge on any atom is -0.389 e. The molecule has 0 spiro atoms. The van der Waals surface area contributed by atoms with Crippen LogP contribution < -0.4 is 5.32 Å². The number of pyridine rings is 1. The van der Waals surface area contributed by atoms with E-state index in [-0.39, 0.29) is 0 Å². The number of aromatic nitrogens is 1. The molecule has 0 aromatic carbocycles. The summed E-state index contributed by atoms with van der Waals surface area (Å²) in [6.45, 7) is 3.58. The summed E-state index contributed by atoms with van der Waals surface area (Å²) in [6, 6.07) is 5.89. The van der Waals surface area contributed by atoms with Crippen molar-refractivity contribution >= 4 is 15.9 Å². The van der Waals surface area contributed by atoms with Crippen molar-refractivity contribution < 1.29 is 5.11 Å². The van der Waals surface area contributed by atoms with Gasteiger partial charge in [0.1, 0.15) is 4.60 Å². The van der Waals surface area contributed by atoms with Crippen LogP contribution in [0.1, 0.15) is 38.3 Å². The van der Waals surface area contributed by atoms with E-state index < -0.39 is 5.60 Å². The standard InChI is InChI=1S/C14H21BrN2O/c1-11-4-3-7-14(18,8-11)10-16-9-12-5-2-6-13(15)17-12/h2,5-6,11,16,18H,3-4,7-10H2,1H3. The predicted molar refractivity (Wildman–Crippen MR) is 76.2 cm³/mol. The molecule has 0 bridgehead atoms. The van der Waals surface area contributed by atoms with Crippen LogP contribution in [0, 0.1) is 5.92 Å². The summed E-state index contributed by atoms with van der Waals surface area (Å²) in [6.07, 6.45) is 4.20. The highest BCUT2D eigenvalue weighted by molar-refractivity contribution is 9.10. The maximum absolute atomic E-state index is 10.5. The SMILES string of the molecule is CC1CCCC(O)(CNCc2cccc(Br)n2)C1. The maximum Gasteiger partial charge on any atom is 0.106 e. The molecule has 18 heavy (non-hydrogen) atoms. The van der Waals surface area contributed by atoms with Crippen molar-refractivity contribution in [3.05, 3.63) is 28.5 Å². The highest BCUT2D eigenvalue weighted by Gasteiger charge is 2.31. The third-order valence-corrected chi connectivity index (χ3v) is 4.04. The Hall–Kier alpha value is -0.450. The smallest absolute Gasteiger partial charge is 0.106 e. The van der Waals surface area contributed by atoms with Crippen molar-refractivity contribution in [2.45, 2.75) is 44.8 Å². The van der Waals surface area contributed by atoms with Gasteiger partial charge in [-0.1, -0.05) is 25.8 Å². The van der Waals surface area contributed by atoms with Gasteiger partial charge in [-0.25, -0.2) is 4.98 Å². The number of nitrogens with one attached hydrogen (secondary N) is 1. The summed E-state index contributed by atoms with van der Waals surface area (Å²) in [7, 11) is 0. The first kappa shape index (κ1) is 14.0. The van der Waals surface area contributed by atoms with Crippen LogP contribution in [0.15, 0.2) is 22.8 Å². The number of halogens is 1. The van der Waals surface area contributed by atoms with Gasteiger partial charge in [-0.2, -0.15) is 0 Å². The summed E-state index contributed by atoms with van der Waals surface area (Å²) in [4.78, 5) is 4.37. The van der Waals surface area contributed by atoms with Gasteiger partial charge in [-0.05, 0) is 46.8 Å². The van der Waals surface area contributed by atoms with Crippen LogP contribution in [0.3, 0.4) is 0 Å². The molecule has 0 amide bonds. The van der Waals surface area contributed by atoms with Gasteiger partial charge in [0, 0.05) is 13.1 Å². The van der Waals surface area contributed by atoms with Crippen LogP contribution in [0.2, 0.25) is 0 Å². The Balaban J connectivity index is 1.81. The zero-order valence-corrected chi connectivity index (χ0v) is 12.4. The molecular weight excluding hydrogens is 292 g/mol. The van der Waals surface area contributed by atoms with Crippen molar-refractivity contribution in [1.82, 2.24) is 10.3 Å². The number of rotatable bonds is 4. The lowest BCUT2D eigenvalue weighted by molar-refractivity contribution is -0.0119. The van der Waals surface area contributed by atoms with E-state index >= 15 is 0 Å². The number of aliphatic hydroxyl groups is 1. The van der Waals surface area contributed by atoms with Crippen LogP contribution in [-0.4, -0.2) is 22.2 Å². The molecule has 1 aliphatic rings. The van der Waals surface area contributed by atoms with Gasteiger partial charge in [-0.15, -0.1) is 0 Å². The Kier molecular flexibility index (Phi) is 4.76. The molecule has 1 saturated carbocycles. The molecule has 2 unspecified atom stereocenters. The fourth-order valence-corrected chi connectivity index (χ4v) is 3.15. The Morgan fingerprint density at radius 3 is 3.11 bits per heavy atom. The van der Waals surface area contributed by atoms with Crippen molar-refractivity contribution in [3.8, 4) is 0 Å². The first-order valence-corrected chi connectivity index (χ1v) is 7.41. The second-order valence-corrected chi connectivity index (χ2v) is 6.29. The van der Waals surface area contributed by atoms with Gasteiger partial charge in [0.25, 0.3) is 0 Å². The lowest BCUT2D eigenvalue weighted by Gasteiger charge is -2.35. The van der Waals surface area contributed by atoms with E-state index in [1.165, 1.54) is 6.42 Å². The zero-order valence-electron chi connectivity index (χ0n) is 10.8. The van der Waals surface area contributed by atoms with E-state index in [2.05, 4.69) is 33.2 Å². The molecule has 1 heterocycles. The summed E-state index contributed by atoms with van der Waals surface area (Å²) in [5.41, 5.74) is 0.473. The van der Waals surface area contributed by atoms with E-state index in [1.54, 1.807) is 0 Å². The van der Waals surface area contributed by atoms with Crippen molar-refractivity contribution in [1.29, 1.82) is 0 Å². The van der Waals surface area contributed by atoms with E-state index in [1.807, 2.05) is 18.2 Å². The van der Waals surface area contributed by atoms with E-state index in [0.717, 1.165) is 29.6 Å². The Bertz CT molecular complexity index is 399. The Morgan fingerprint density at radius 2 is 2.39 bits per heavy atom. The molecule has 1 aromatic rings. The zero-order chi connectivity index (χ0) is 13.0. The molecule has 3 nitrogen and oxygen atoms in total. The Labute approximate surface area is 117 Å². The van der Waals surface area contributed by atoms with Gasteiger partial charge in [-0.3, -0.25) is 0 Å². The van der Waals surface area contributed by atoms with E-state index in [0.29, 0.717) is 19.0 Å². The highest BCUT2D eigenvalue weighted by Crippen LogP contribution is 2.31. The Morgan fingerprint density at radius 1 is 1.56 bits per heavy atom. The summed E-state index contributed by atoms with van der Waals surface area (Å²) in [5, 5.41) is 13.8. The number of nitrogens with zero attached hydrogens (tertiary/aromatic N) is 1. The molecule has 2 rings (SSSR count). The van der Waals surface area contributed by atoms with Crippen LogP contribution in [0.25, 0.3) is 0 Å². The summed E-state index contributed by atoms with van der Waals surface area (Å²) in [5.74, 6) is 0.634. The van der Waals surface area contributed by atoms with Crippen molar-refractivity contribution in [3.63, 3.8) is 0 Å². The lowest BCUT2D eigenvalue weighted by atomic mass is 9.79. The summed E-state index contributed by atoms with van der Waals surface area (Å²) >= 11 is 3.36. The first-order valence-electron chi connectivity index (χ1n) is 6.62. The minimum atomic E-state index is -0.524. The van der Waals surface area contributed by atoms with Crippen LogP contribution in [0.4, 0.5) is 0 Å². The average molecular weight is 313 g/mol. The van der Waals surface area contributed by atoms with Crippen molar-refractivity contribution in [2.24, 2.45) is 5.92 Å². The van der Waals surface area contributed by atoms with Gasteiger partial charge in [0.2, 0.25) is 0 Å². The fraction of sp³-hybridized carbons (Fsp3) is 0.643. The third kappa shape index (κ3) is 4.04. The van der Waals surface area contributed by atoms with Gasteiger partial charge >= 0.3 is 0 Å². The topological polar surface area (TPSA) is 45.1 Å². The maximum atomic E-state index is 10.5. The molecule has 1 aromatic heterocycles. The van der Waals surface area contributed by atoms with Crippen molar-refractivity contribution in [2.75, 3.05) is 6.54 Å². The quantitative estimate of drug-likeness (QED) is 0.840. The normalized spacial score (nSPS) is 28.3. The largest absolute Gasteiger partial charge is 0.389 e. The molecule has 1 aliphatic carbocycles. The molecule has 2 N–H and O–H groups in total. The van der Waals surface area contributed by atoms with Gasteiger partial charge < -0.3 is 10.4 Å². The van der Waals surface area contributed by atoms with Gasteiger partial charge in [0.05, 0.1) is 11.3 Å². The molecule has 0 saturated heterocycles. The van der Waals surface area contributed by atoms with Crippen LogP contribution >= 0.6 is 15.9 Å². The second-order valence-electron chi connectivity index (χ2n) is 5.48. The third-order valence-electron chi connectivity index (χ3n) is 3.60. The van der Waals surface area contributed by atoms with Crippen LogP contribution in [0.5, 0.6) is 0 Å². The predicted octanol–water partition coefficient (Wildman–Crippen LogP) is 2.87. The molecule has 1 fully saturated rings. The monoisotopic (exact) mass is 312 g/mol.